The van der Waals surface area contributed by atoms with Crippen LogP contribution in [0.1, 0.15) is 32.3 Å². The van der Waals surface area contributed by atoms with Gasteiger partial charge in [-0.15, -0.1) is 0 Å². The zero-order valence-electron chi connectivity index (χ0n) is 16.2. The van der Waals surface area contributed by atoms with Crippen molar-refractivity contribution >= 4 is 21.6 Å². The second-order valence-corrected chi connectivity index (χ2v) is 9.00. The highest BCUT2D eigenvalue weighted by Crippen LogP contribution is 2.31. The maximum atomic E-state index is 12.8. The molecule has 1 saturated heterocycles. The van der Waals surface area contributed by atoms with Crippen LogP contribution in [-0.2, 0) is 25.8 Å². The minimum Gasteiger partial charge on any atom is -0.386 e. The molecule has 0 unspecified atom stereocenters. The number of sulfonamides is 1. The Kier molecular flexibility index (Phi) is 7.64. The van der Waals surface area contributed by atoms with Gasteiger partial charge in [-0.3, -0.25) is 4.79 Å². The monoisotopic (exact) mass is 435 g/mol. The van der Waals surface area contributed by atoms with Crippen LogP contribution >= 0.6 is 0 Å². The zero-order valence-corrected chi connectivity index (χ0v) is 17.0. The van der Waals surface area contributed by atoms with Crippen LogP contribution in [-0.4, -0.2) is 50.6 Å². The first kappa shape index (κ1) is 23.1. The minimum atomic E-state index is -4.62. The summed E-state index contributed by atoms with van der Waals surface area (Å²) in [5.41, 5.74) is -0.417. The lowest BCUT2D eigenvalue weighted by atomic mass is 10.1. The smallest absolute Gasteiger partial charge is 0.386 e. The van der Waals surface area contributed by atoms with E-state index in [1.54, 1.807) is 0 Å². The van der Waals surface area contributed by atoms with E-state index in [2.05, 4.69) is 10.5 Å². The van der Waals surface area contributed by atoms with Gasteiger partial charge in [0.05, 0.1) is 16.2 Å². The summed E-state index contributed by atoms with van der Waals surface area (Å²) in [7, 11) is -4.04. The average Bonchev–Trinajstić information content (AvgIpc) is 2.66. The van der Waals surface area contributed by atoms with Gasteiger partial charge in [0.2, 0.25) is 10.0 Å². The highest BCUT2D eigenvalue weighted by molar-refractivity contribution is 7.89. The SMILES string of the molecule is CC(C)CNC(=O)CON=C1CCN(S(=O)(=O)c2cccc(C(F)(F)F)c2)CC1. The highest BCUT2D eigenvalue weighted by Gasteiger charge is 2.33. The van der Waals surface area contributed by atoms with Gasteiger partial charge < -0.3 is 10.2 Å². The summed E-state index contributed by atoms with van der Waals surface area (Å²) in [6.45, 7) is 4.36. The molecular weight excluding hydrogens is 411 g/mol. The third kappa shape index (κ3) is 6.70. The van der Waals surface area contributed by atoms with Crippen molar-refractivity contribution in [3.05, 3.63) is 29.8 Å². The second-order valence-electron chi connectivity index (χ2n) is 7.06. The molecule has 1 aliphatic rings. The molecule has 0 radical (unpaired) electrons. The number of nitrogens with one attached hydrogen (secondary N) is 1. The quantitative estimate of drug-likeness (QED) is 0.667. The highest BCUT2D eigenvalue weighted by atomic mass is 32.2. The van der Waals surface area contributed by atoms with Crippen molar-refractivity contribution < 1.29 is 31.2 Å². The Labute approximate surface area is 167 Å². The van der Waals surface area contributed by atoms with Crippen LogP contribution in [0.3, 0.4) is 0 Å². The number of hydrogen-bond donors (Lipinski definition) is 1. The largest absolute Gasteiger partial charge is 0.416 e. The molecule has 1 aromatic carbocycles. The molecule has 1 N–H and O–H groups in total. The third-order valence-corrected chi connectivity index (χ3v) is 6.09. The third-order valence-electron chi connectivity index (χ3n) is 4.20. The Morgan fingerprint density at radius 1 is 1.28 bits per heavy atom. The molecule has 1 aliphatic heterocycles. The molecule has 1 heterocycles. The number of carbonyl (C=O) groups is 1. The van der Waals surface area contributed by atoms with Gasteiger partial charge in [0, 0.05) is 32.5 Å². The second kappa shape index (κ2) is 9.57. The van der Waals surface area contributed by atoms with E-state index in [4.69, 9.17) is 4.84 Å². The molecule has 2 rings (SSSR count). The summed E-state index contributed by atoms with van der Waals surface area (Å²) >= 11 is 0. The van der Waals surface area contributed by atoms with Gasteiger partial charge in [-0.25, -0.2) is 8.42 Å². The van der Waals surface area contributed by atoms with Crippen molar-refractivity contribution in [1.29, 1.82) is 0 Å². The Bertz CT molecular complexity index is 844. The van der Waals surface area contributed by atoms with E-state index in [-0.39, 0.29) is 38.4 Å². The van der Waals surface area contributed by atoms with Crippen molar-refractivity contribution in [2.45, 2.75) is 37.8 Å². The minimum absolute atomic E-state index is 0.0698. The molecule has 1 aromatic rings. The number of oxime groups is 1. The number of nitrogens with zero attached hydrogens (tertiary/aromatic N) is 2. The van der Waals surface area contributed by atoms with Gasteiger partial charge in [-0.2, -0.15) is 17.5 Å². The summed E-state index contributed by atoms with van der Waals surface area (Å²) < 4.78 is 64.9. The standard InChI is InChI=1S/C18H24F3N3O4S/c1-13(2)11-22-17(25)12-28-23-15-6-8-24(9-7-15)29(26,27)16-5-3-4-14(10-16)18(19,20)21/h3-5,10,13H,6-9,11-12H2,1-2H3,(H,22,25). The van der Waals surface area contributed by atoms with Crippen molar-refractivity contribution in [2.75, 3.05) is 26.2 Å². The number of benzene rings is 1. The van der Waals surface area contributed by atoms with Gasteiger partial charge in [0.25, 0.3) is 5.91 Å². The van der Waals surface area contributed by atoms with Crippen molar-refractivity contribution in [1.82, 2.24) is 9.62 Å². The van der Waals surface area contributed by atoms with Crippen LogP contribution in [0.4, 0.5) is 13.2 Å². The van der Waals surface area contributed by atoms with Crippen LogP contribution in [0.25, 0.3) is 0 Å². The molecule has 0 aromatic heterocycles. The van der Waals surface area contributed by atoms with Crippen molar-refractivity contribution in [3.8, 4) is 0 Å². The number of hydrogen-bond acceptors (Lipinski definition) is 5. The normalized spacial score (nSPS) is 16.0. The topological polar surface area (TPSA) is 88.1 Å². The van der Waals surface area contributed by atoms with Crippen LogP contribution in [0, 0.1) is 5.92 Å². The first-order valence-corrected chi connectivity index (χ1v) is 10.6. The molecule has 1 fully saturated rings. The average molecular weight is 435 g/mol. The van der Waals surface area contributed by atoms with E-state index in [0.717, 1.165) is 22.5 Å². The van der Waals surface area contributed by atoms with Crippen LogP contribution in [0.15, 0.2) is 34.3 Å². The summed E-state index contributed by atoms with van der Waals surface area (Å²) in [4.78, 5) is 16.2. The van der Waals surface area contributed by atoms with Crippen LogP contribution in [0.2, 0.25) is 0 Å². The predicted molar refractivity (Wildman–Crippen MR) is 101 cm³/mol. The van der Waals surface area contributed by atoms with Gasteiger partial charge in [-0.05, 0) is 24.1 Å². The molecule has 0 aliphatic carbocycles. The molecule has 7 nitrogen and oxygen atoms in total. The summed E-state index contributed by atoms with van der Waals surface area (Å²) in [6.07, 6.45) is -4.08. The summed E-state index contributed by atoms with van der Waals surface area (Å²) in [5, 5.41) is 6.55. The Morgan fingerprint density at radius 2 is 1.93 bits per heavy atom. The van der Waals surface area contributed by atoms with Gasteiger partial charge in [0.15, 0.2) is 6.61 Å². The predicted octanol–water partition coefficient (Wildman–Crippen LogP) is 2.63. The van der Waals surface area contributed by atoms with Crippen molar-refractivity contribution in [3.63, 3.8) is 0 Å². The fraction of sp³-hybridized carbons (Fsp3) is 0.556. The summed E-state index contributed by atoms with van der Waals surface area (Å²) in [5.74, 6) is 0.0148. The first-order valence-electron chi connectivity index (χ1n) is 9.12. The van der Waals surface area contributed by atoms with E-state index in [1.165, 1.54) is 0 Å². The molecule has 162 valence electrons. The number of amides is 1. The van der Waals surface area contributed by atoms with Gasteiger partial charge in [0.1, 0.15) is 0 Å². The molecule has 0 spiro atoms. The molecule has 0 atom stereocenters. The molecule has 29 heavy (non-hydrogen) atoms. The van der Waals surface area contributed by atoms with E-state index < -0.39 is 26.7 Å². The molecular formula is C18H24F3N3O4S. The molecule has 1 amide bonds. The first-order chi connectivity index (χ1) is 13.5. The Morgan fingerprint density at radius 3 is 2.52 bits per heavy atom. The number of piperidine rings is 1. The Hall–Kier alpha value is -2.14. The molecule has 0 saturated carbocycles. The lowest BCUT2D eigenvalue weighted by Crippen LogP contribution is -2.38. The fourth-order valence-electron chi connectivity index (χ4n) is 2.61. The zero-order chi connectivity index (χ0) is 21.7. The van der Waals surface area contributed by atoms with E-state index in [0.29, 0.717) is 24.2 Å². The van der Waals surface area contributed by atoms with E-state index in [9.17, 15) is 26.4 Å². The lowest BCUT2D eigenvalue weighted by molar-refractivity contribution is -0.137. The van der Waals surface area contributed by atoms with Gasteiger partial charge >= 0.3 is 6.18 Å². The fourth-order valence-corrected chi connectivity index (χ4v) is 4.10. The number of carbonyl (C=O) groups excluding carboxylic acids is 1. The summed E-state index contributed by atoms with van der Waals surface area (Å²) in [6, 6.07) is 3.68. The van der Waals surface area contributed by atoms with Crippen LogP contribution < -0.4 is 5.32 Å². The van der Waals surface area contributed by atoms with Crippen LogP contribution in [0.5, 0.6) is 0 Å². The lowest BCUT2D eigenvalue weighted by Gasteiger charge is -2.26. The van der Waals surface area contributed by atoms with E-state index >= 15 is 0 Å². The maximum Gasteiger partial charge on any atom is 0.416 e. The maximum absolute atomic E-state index is 12.8. The van der Waals surface area contributed by atoms with Gasteiger partial charge in [-0.1, -0.05) is 25.1 Å². The molecule has 0 bridgehead atoms. The number of rotatable bonds is 7. The van der Waals surface area contributed by atoms with Crippen molar-refractivity contribution in [2.24, 2.45) is 11.1 Å². The Balaban J connectivity index is 1.92. The number of alkyl halides is 3. The number of halogens is 3. The van der Waals surface area contributed by atoms with E-state index in [1.807, 2.05) is 13.8 Å². The molecule has 11 heteroatoms.